The summed E-state index contributed by atoms with van der Waals surface area (Å²) in [6.07, 6.45) is 0. The van der Waals surface area contributed by atoms with E-state index in [1.165, 1.54) is 23.7 Å². The molecule has 1 atom stereocenters. The van der Waals surface area contributed by atoms with Gasteiger partial charge in [0.15, 0.2) is 5.69 Å². The van der Waals surface area contributed by atoms with Crippen molar-refractivity contribution in [2.24, 2.45) is 7.05 Å². The first-order chi connectivity index (χ1) is 10.0. The third-order valence-electron chi connectivity index (χ3n) is 3.20. The number of aliphatic hydroxyl groups is 1. The third-order valence-corrected chi connectivity index (χ3v) is 3.20. The van der Waals surface area contributed by atoms with Crippen molar-refractivity contribution in [1.29, 1.82) is 0 Å². The Morgan fingerprint density at radius 2 is 2.00 bits per heavy atom. The number of nitrogens with one attached hydrogen (secondary N) is 1. The van der Waals surface area contributed by atoms with Gasteiger partial charge in [-0.3, -0.25) is 4.79 Å². The number of nitro groups is 1. The molecule has 7 heteroatoms. The summed E-state index contributed by atoms with van der Waals surface area (Å²) in [4.78, 5) is 22.4. The number of hydrogen-bond donors (Lipinski definition) is 2. The van der Waals surface area contributed by atoms with Crippen molar-refractivity contribution in [3.8, 4) is 0 Å². The molecule has 1 aromatic carbocycles. The van der Waals surface area contributed by atoms with E-state index >= 15 is 0 Å². The van der Waals surface area contributed by atoms with Gasteiger partial charge in [-0.25, -0.2) is 4.57 Å². The van der Waals surface area contributed by atoms with E-state index in [2.05, 4.69) is 5.32 Å². The van der Waals surface area contributed by atoms with Crippen molar-refractivity contribution in [2.75, 3.05) is 6.61 Å². The lowest BCUT2D eigenvalue weighted by Gasteiger charge is -2.16. The van der Waals surface area contributed by atoms with Crippen LogP contribution in [0.15, 0.2) is 42.5 Å². The van der Waals surface area contributed by atoms with Crippen molar-refractivity contribution in [3.05, 3.63) is 63.8 Å². The molecule has 2 rings (SSSR count). The van der Waals surface area contributed by atoms with Crippen molar-refractivity contribution in [3.63, 3.8) is 0 Å². The third kappa shape index (κ3) is 3.09. The molecule has 1 aromatic heterocycles. The lowest BCUT2D eigenvalue weighted by atomic mass is 10.1. The Morgan fingerprint density at radius 3 is 2.52 bits per heavy atom. The fraction of sp³-hybridized carbons (Fsp3) is 0.214. The maximum absolute atomic E-state index is 12.2. The lowest BCUT2D eigenvalue weighted by molar-refractivity contribution is -0.391. The minimum Gasteiger partial charge on any atom is -0.394 e. The van der Waals surface area contributed by atoms with Gasteiger partial charge in [0.25, 0.3) is 5.91 Å². The Labute approximate surface area is 121 Å². The first-order valence-corrected chi connectivity index (χ1v) is 6.31. The summed E-state index contributed by atoms with van der Waals surface area (Å²) in [5.41, 5.74) is 0.924. The van der Waals surface area contributed by atoms with E-state index in [1.807, 2.05) is 6.07 Å². The quantitative estimate of drug-likeness (QED) is 0.642. The lowest BCUT2D eigenvalue weighted by Crippen LogP contribution is -2.32. The average molecular weight is 289 g/mol. The van der Waals surface area contributed by atoms with Gasteiger partial charge in [0.1, 0.15) is 0 Å². The molecule has 0 fully saturated rings. The average Bonchev–Trinajstić information content (AvgIpc) is 2.87. The second-order valence-electron chi connectivity index (χ2n) is 4.51. The van der Waals surface area contributed by atoms with Crippen molar-refractivity contribution < 1.29 is 14.8 Å². The highest BCUT2D eigenvalue weighted by Gasteiger charge is 2.23. The summed E-state index contributed by atoms with van der Waals surface area (Å²) < 4.78 is 1.20. The molecule has 1 heterocycles. The summed E-state index contributed by atoms with van der Waals surface area (Å²) in [7, 11) is 1.45. The fourth-order valence-corrected chi connectivity index (χ4v) is 2.06. The minimum atomic E-state index is -0.562. The van der Waals surface area contributed by atoms with Crippen molar-refractivity contribution >= 4 is 11.7 Å². The number of hydrogen-bond acceptors (Lipinski definition) is 4. The van der Waals surface area contributed by atoms with Crippen molar-refractivity contribution in [2.45, 2.75) is 6.04 Å². The Balaban J connectivity index is 2.19. The van der Waals surface area contributed by atoms with Gasteiger partial charge in [0, 0.05) is 6.07 Å². The summed E-state index contributed by atoms with van der Waals surface area (Å²) in [5.74, 6) is -0.645. The molecule has 0 aliphatic rings. The Kier molecular flexibility index (Phi) is 4.34. The second kappa shape index (κ2) is 6.19. The maximum atomic E-state index is 12.2. The molecule has 7 nitrogen and oxygen atoms in total. The van der Waals surface area contributed by atoms with E-state index in [1.54, 1.807) is 24.3 Å². The van der Waals surface area contributed by atoms with Crippen LogP contribution in [-0.2, 0) is 7.05 Å². The number of aromatic nitrogens is 1. The molecule has 0 spiro atoms. The van der Waals surface area contributed by atoms with Gasteiger partial charge in [0.05, 0.1) is 19.7 Å². The second-order valence-corrected chi connectivity index (χ2v) is 4.51. The molecule has 0 aliphatic heterocycles. The summed E-state index contributed by atoms with van der Waals surface area (Å²) in [6.45, 7) is -0.262. The number of carbonyl (C=O) groups excluding carboxylic acids is 1. The number of amides is 1. The first kappa shape index (κ1) is 14.7. The van der Waals surface area contributed by atoms with Crippen LogP contribution in [-0.4, -0.2) is 27.1 Å². The summed E-state index contributed by atoms with van der Waals surface area (Å²) >= 11 is 0. The van der Waals surface area contributed by atoms with Gasteiger partial charge in [-0.2, -0.15) is 0 Å². The van der Waals surface area contributed by atoms with E-state index in [9.17, 15) is 20.0 Å². The predicted molar refractivity (Wildman–Crippen MR) is 75.8 cm³/mol. The monoisotopic (exact) mass is 289 g/mol. The van der Waals surface area contributed by atoms with Crippen LogP contribution in [0.4, 0.5) is 5.82 Å². The maximum Gasteiger partial charge on any atom is 0.323 e. The standard InChI is InChI=1S/C14H15N3O4/c1-16-12(7-8-13(16)17(20)21)14(19)15-11(9-18)10-5-3-2-4-6-10/h2-8,11,18H,9H2,1H3,(H,15,19)/t11-/m1/s1. The highest BCUT2D eigenvalue weighted by molar-refractivity contribution is 5.93. The molecule has 110 valence electrons. The van der Waals surface area contributed by atoms with Crippen LogP contribution in [0, 0.1) is 10.1 Å². The smallest absolute Gasteiger partial charge is 0.323 e. The van der Waals surface area contributed by atoms with Gasteiger partial charge >= 0.3 is 5.82 Å². The minimum absolute atomic E-state index is 0.163. The highest BCUT2D eigenvalue weighted by Crippen LogP contribution is 2.17. The molecule has 0 aliphatic carbocycles. The molecule has 0 unspecified atom stereocenters. The first-order valence-electron chi connectivity index (χ1n) is 6.31. The zero-order valence-corrected chi connectivity index (χ0v) is 11.4. The number of aliphatic hydroxyl groups excluding tert-OH is 1. The SMILES string of the molecule is Cn1c(C(=O)N[C@H](CO)c2ccccc2)ccc1[N+](=O)[O-]. The van der Waals surface area contributed by atoms with Crippen LogP contribution in [0.3, 0.4) is 0 Å². The van der Waals surface area contributed by atoms with Gasteiger partial charge in [0.2, 0.25) is 0 Å². The molecule has 0 saturated carbocycles. The van der Waals surface area contributed by atoms with Crippen LogP contribution in [0.5, 0.6) is 0 Å². The van der Waals surface area contributed by atoms with Crippen LogP contribution in [0.25, 0.3) is 0 Å². The number of rotatable bonds is 5. The molecular formula is C14H15N3O4. The van der Waals surface area contributed by atoms with E-state index in [-0.39, 0.29) is 18.1 Å². The molecule has 0 radical (unpaired) electrons. The zero-order valence-electron chi connectivity index (χ0n) is 11.4. The van der Waals surface area contributed by atoms with E-state index in [0.717, 1.165) is 5.56 Å². The normalized spacial score (nSPS) is 11.9. The van der Waals surface area contributed by atoms with E-state index in [4.69, 9.17) is 0 Å². The van der Waals surface area contributed by atoms with Crippen LogP contribution >= 0.6 is 0 Å². The van der Waals surface area contributed by atoms with Crippen LogP contribution < -0.4 is 5.32 Å². The Hall–Kier alpha value is -2.67. The molecule has 0 bridgehead atoms. The fourth-order valence-electron chi connectivity index (χ4n) is 2.06. The summed E-state index contributed by atoms with van der Waals surface area (Å²) in [6, 6.07) is 11.1. The Bertz CT molecular complexity index is 651. The van der Waals surface area contributed by atoms with Gasteiger partial charge in [-0.05, 0) is 16.6 Å². The number of carbonyl (C=O) groups is 1. The molecular weight excluding hydrogens is 274 g/mol. The largest absolute Gasteiger partial charge is 0.394 e. The number of nitrogens with zero attached hydrogens (tertiary/aromatic N) is 2. The topological polar surface area (TPSA) is 97.4 Å². The molecule has 2 N–H and O–H groups in total. The molecule has 0 saturated heterocycles. The van der Waals surface area contributed by atoms with Crippen molar-refractivity contribution in [1.82, 2.24) is 9.88 Å². The van der Waals surface area contributed by atoms with Crippen LogP contribution in [0.1, 0.15) is 22.1 Å². The van der Waals surface area contributed by atoms with Crippen LogP contribution in [0.2, 0.25) is 0 Å². The molecule has 2 aromatic rings. The van der Waals surface area contributed by atoms with Gasteiger partial charge in [-0.15, -0.1) is 0 Å². The van der Waals surface area contributed by atoms with E-state index in [0.29, 0.717) is 0 Å². The van der Waals surface area contributed by atoms with Gasteiger partial charge < -0.3 is 20.5 Å². The molecule has 21 heavy (non-hydrogen) atoms. The summed E-state index contributed by atoms with van der Waals surface area (Å²) in [5, 5.41) is 22.8. The molecule has 1 amide bonds. The zero-order chi connectivity index (χ0) is 15.4. The predicted octanol–water partition coefficient (Wildman–Crippen LogP) is 1.40. The van der Waals surface area contributed by atoms with Gasteiger partial charge in [-0.1, -0.05) is 30.3 Å². The highest BCUT2D eigenvalue weighted by atomic mass is 16.6. The van der Waals surface area contributed by atoms with E-state index < -0.39 is 16.9 Å². The number of benzene rings is 1. The Morgan fingerprint density at radius 1 is 1.33 bits per heavy atom.